The molecule has 0 aliphatic heterocycles. The zero-order valence-electron chi connectivity index (χ0n) is 12.9. The molecule has 0 fully saturated rings. The highest BCUT2D eigenvalue weighted by molar-refractivity contribution is 5.53. The number of nitrogens with one attached hydrogen (secondary N) is 1. The molecule has 4 heteroatoms. The van der Waals surface area contributed by atoms with Crippen LogP contribution in [0.25, 0.3) is 0 Å². The molecule has 1 aromatic carbocycles. The Bertz CT molecular complexity index is 418. The molecule has 0 radical (unpaired) electrons. The lowest BCUT2D eigenvalue weighted by atomic mass is 10.2. The average molecular weight is 279 g/mol. The van der Waals surface area contributed by atoms with Crippen LogP contribution in [0.3, 0.4) is 0 Å². The maximum Gasteiger partial charge on any atom is 0.203 e. The summed E-state index contributed by atoms with van der Waals surface area (Å²) in [5, 5.41) is 3.30. The summed E-state index contributed by atoms with van der Waals surface area (Å²) in [7, 11) is 3.25. The highest BCUT2D eigenvalue weighted by atomic mass is 16.5. The minimum absolute atomic E-state index is 0.437. The molecule has 20 heavy (non-hydrogen) atoms. The van der Waals surface area contributed by atoms with Crippen molar-refractivity contribution in [3.05, 3.63) is 29.8 Å². The van der Waals surface area contributed by atoms with Crippen molar-refractivity contribution in [2.45, 2.75) is 20.3 Å². The summed E-state index contributed by atoms with van der Waals surface area (Å²) in [5.41, 5.74) is 2.05. The second kappa shape index (κ2) is 8.48. The van der Waals surface area contributed by atoms with Gasteiger partial charge in [0.1, 0.15) is 6.61 Å². The van der Waals surface area contributed by atoms with E-state index >= 15 is 0 Å². The molecule has 0 heterocycles. The molecular weight excluding hydrogens is 254 g/mol. The van der Waals surface area contributed by atoms with Crippen LogP contribution in [-0.2, 0) is 0 Å². The van der Waals surface area contributed by atoms with E-state index in [1.54, 1.807) is 14.2 Å². The van der Waals surface area contributed by atoms with Crippen LogP contribution < -0.4 is 19.5 Å². The minimum atomic E-state index is 0.437. The maximum absolute atomic E-state index is 5.81. The number of ether oxygens (including phenoxy) is 3. The van der Waals surface area contributed by atoms with Crippen molar-refractivity contribution in [2.75, 3.05) is 33.9 Å². The fourth-order valence-electron chi connectivity index (χ4n) is 1.82. The predicted octanol–water partition coefficient (Wildman–Crippen LogP) is 2.95. The Morgan fingerprint density at radius 1 is 1.20 bits per heavy atom. The zero-order valence-corrected chi connectivity index (χ0v) is 12.9. The van der Waals surface area contributed by atoms with Crippen molar-refractivity contribution < 1.29 is 14.2 Å². The van der Waals surface area contributed by atoms with Crippen LogP contribution >= 0.6 is 0 Å². The van der Waals surface area contributed by atoms with Gasteiger partial charge in [-0.25, -0.2) is 0 Å². The van der Waals surface area contributed by atoms with Crippen LogP contribution in [0.4, 0.5) is 0 Å². The molecular formula is C16H25NO3. The molecule has 0 saturated carbocycles. The Labute approximate surface area is 121 Å². The van der Waals surface area contributed by atoms with Gasteiger partial charge < -0.3 is 19.5 Å². The van der Waals surface area contributed by atoms with Gasteiger partial charge in [0.15, 0.2) is 11.5 Å². The third kappa shape index (κ3) is 4.78. The van der Waals surface area contributed by atoms with Crippen LogP contribution in [0.2, 0.25) is 0 Å². The molecule has 0 spiro atoms. The smallest absolute Gasteiger partial charge is 0.203 e. The average Bonchev–Trinajstić information content (AvgIpc) is 2.45. The van der Waals surface area contributed by atoms with Crippen LogP contribution in [0.5, 0.6) is 17.2 Å². The van der Waals surface area contributed by atoms with E-state index in [1.165, 1.54) is 0 Å². The number of hydrogen-bond acceptors (Lipinski definition) is 4. The van der Waals surface area contributed by atoms with E-state index in [-0.39, 0.29) is 0 Å². The van der Waals surface area contributed by atoms with Crippen molar-refractivity contribution in [3.8, 4) is 17.2 Å². The van der Waals surface area contributed by atoms with E-state index in [9.17, 15) is 0 Å². The van der Waals surface area contributed by atoms with Crippen LogP contribution in [-0.4, -0.2) is 33.9 Å². The first kappa shape index (κ1) is 16.4. The lowest BCUT2D eigenvalue weighted by Crippen LogP contribution is -2.20. The second-order valence-electron chi connectivity index (χ2n) is 4.71. The van der Waals surface area contributed by atoms with E-state index in [2.05, 4.69) is 18.8 Å². The molecule has 4 nitrogen and oxygen atoms in total. The maximum atomic E-state index is 5.81. The minimum Gasteiger partial charge on any atom is -0.493 e. The SMILES string of the molecule is C=C(CNCCC)COc1c(OC)cc(C)cc1OC. The Morgan fingerprint density at radius 3 is 2.30 bits per heavy atom. The molecule has 112 valence electrons. The van der Waals surface area contributed by atoms with Crippen molar-refractivity contribution in [1.29, 1.82) is 0 Å². The fourth-order valence-corrected chi connectivity index (χ4v) is 1.82. The van der Waals surface area contributed by atoms with E-state index in [1.807, 2.05) is 19.1 Å². The lowest BCUT2D eigenvalue weighted by molar-refractivity contribution is 0.293. The van der Waals surface area contributed by atoms with Crippen molar-refractivity contribution in [2.24, 2.45) is 0 Å². The standard InChI is InChI=1S/C16H25NO3/c1-6-7-17-10-13(3)11-20-16-14(18-4)8-12(2)9-15(16)19-5/h8-9,17H,3,6-7,10-11H2,1-2,4-5H3. The first-order chi connectivity index (χ1) is 9.62. The molecule has 1 aromatic rings. The largest absolute Gasteiger partial charge is 0.493 e. The number of benzene rings is 1. The van der Waals surface area contributed by atoms with Gasteiger partial charge in [0, 0.05) is 6.54 Å². The van der Waals surface area contributed by atoms with Crippen molar-refractivity contribution >= 4 is 0 Å². The van der Waals surface area contributed by atoms with Gasteiger partial charge in [0.2, 0.25) is 5.75 Å². The van der Waals surface area contributed by atoms with Gasteiger partial charge in [-0.2, -0.15) is 0 Å². The predicted molar refractivity (Wildman–Crippen MR) is 82.1 cm³/mol. The van der Waals surface area contributed by atoms with Gasteiger partial charge in [0.25, 0.3) is 0 Å². The monoisotopic (exact) mass is 279 g/mol. The summed E-state index contributed by atoms with van der Waals surface area (Å²) < 4.78 is 16.5. The van der Waals surface area contributed by atoms with Crippen LogP contribution in [0.15, 0.2) is 24.3 Å². The fraction of sp³-hybridized carbons (Fsp3) is 0.500. The topological polar surface area (TPSA) is 39.7 Å². The summed E-state index contributed by atoms with van der Waals surface area (Å²) in [6, 6.07) is 3.85. The molecule has 0 bridgehead atoms. The van der Waals surface area contributed by atoms with Gasteiger partial charge in [0.05, 0.1) is 14.2 Å². The highest BCUT2D eigenvalue weighted by Gasteiger charge is 2.13. The number of rotatable bonds is 9. The highest BCUT2D eigenvalue weighted by Crippen LogP contribution is 2.38. The van der Waals surface area contributed by atoms with Gasteiger partial charge in [-0.1, -0.05) is 13.5 Å². The van der Waals surface area contributed by atoms with Gasteiger partial charge in [-0.15, -0.1) is 0 Å². The molecule has 1 rings (SSSR count). The first-order valence-corrected chi connectivity index (χ1v) is 6.85. The molecule has 0 aliphatic carbocycles. The van der Waals surface area contributed by atoms with Crippen LogP contribution in [0, 0.1) is 6.92 Å². The van der Waals surface area contributed by atoms with Gasteiger partial charge in [-0.05, 0) is 43.2 Å². The Hall–Kier alpha value is -1.68. The third-order valence-electron chi connectivity index (χ3n) is 2.83. The summed E-state index contributed by atoms with van der Waals surface area (Å²) in [5.74, 6) is 1.98. The number of aryl methyl sites for hydroxylation is 1. The summed E-state index contributed by atoms with van der Waals surface area (Å²) >= 11 is 0. The van der Waals surface area contributed by atoms with Crippen molar-refractivity contribution in [1.82, 2.24) is 5.32 Å². The Morgan fingerprint density at radius 2 is 1.80 bits per heavy atom. The normalized spacial score (nSPS) is 10.2. The van der Waals surface area contributed by atoms with E-state index in [4.69, 9.17) is 14.2 Å². The number of methoxy groups -OCH3 is 2. The summed E-state index contributed by atoms with van der Waals surface area (Å²) in [4.78, 5) is 0. The molecule has 1 N–H and O–H groups in total. The van der Waals surface area contributed by atoms with Crippen LogP contribution in [0.1, 0.15) is 18.9 Å². The quantitative estimate of drug-likeness (QED) is 0.557. The molecule has 0 unspecified atom stereocenters. The number of hydrogen-bond donors (Lipinski definition) is 1. The van der Waals surface area contributed by atoms with E-state index in [0.717, 1.165) is 30.6 Å². The summed E-state index contributed by atoms with van der Waals surface area (Å²) in [6.45, 7) is 10.3. The molecule has 0 amide bonds. The van der Waals surface area contributed by atoms with E-state index in [0.29, 0.717) is 23.9 Å². The molecule has 0 aliphatic rings. The molecule has 0 aromatic heterocycles. The zero-order chi connectivity index (χ0) is 15.0. The van der Waals surface area contributed by atoms with Gasteiger partial charge in [-0.3, -0.25) is 0 Å². The van der Waals surface area contributed by atoms with E-state index < -0.39 is 0 Å². The lowest BCUT2D eigenvalue weighted by Gasteiger charge is -2.16. The Kier molecular flexibility index (Phi) is 6.94. The summed E-state index contributed by atoms with van der Waals surface area (Å²) in [6.07, 6.45) is 1.10. The van der Waals surface area contributed by atoms with Crippen molar-refractivity contribution in [3.63, 3.8) is 0 Å². The first-order valence-electron chi connectivity index (χ1n) is 6.85. The third-order valence-corrected chi connectivity index (χ3v) is 2.83. The van der Waals surface area contributed by atoms with Gasteiger partial charge >= 0.3 is 0 Å². The Balaban J connectivity index is 2.69. The second-order valence-corrected chi connectivity index (χ2v) is 4.71. The molecule has 0 saturated heterocycles. The molecule has 0 atom stereocenters.